The lowest BCUT2D eigenvalue weighted by Crippen LogP contribution is -2.39. The topological polar surface area (TPSA) is 68.6 Å². The molecule has 1 N–H and O–H groups in total. The molecule has 7 nitrogen and oxygen atoms in total. The van der Waals surface area contributed by atoms with Crippen molar-refractivity contribution in [3.8, 4) is 11.5 Å². The maximum Gasteiger partial charge on any atom is 0.231 e. The molecular formula is C20H26N4O3. The van der Waals surface area contributed by atoms with Gasteiger partial charge < -0.3 is 14.8 Å². The van der Waals surface area contributed by atoms with E-state index in [2.05, 4.69) is 38.2 Å². The Kier molecular flexibility index (Phi) is 5.03. The molecule has 0 fully saturated rings. The highest BCUT2D eigenvalue weighted by Gasteiger charge is 2.26. The first-order chi connectivity index (χ1) is 13.1. The Morgan fingerprint density at radius 1 is 1.30 bits per heavy atom. The van der Waals surface area contributed by atoms with Gasteiger partial charge in [-0.15, -0.1) is 0 Å². The van der Waals surface area contributed by atoms with E-state index in [0.717, 1.165) is 37.6 Å². The molecule has 3 heterocycles. The van der Waals surface area contributed by atoms with E-state index in [-0.39, 0.29) is 17.9 Å². The highest BCUT2D eigenvalue weighted by molar-refractivity contribution is 5.77. The van der Waals surface area contributed by atoms with Gasteiger partial charge in [-0.2, -0.15) is 5.10 Å². The molecule has 27 heavy (non-hydrogen) atoms. The van der Waals surface area contributed by atoms with Crippen molar-refractivity contribution in [2.75, 3.05) is 19.9 Å². The van der Waals surface area contributed by atoms with Crippen molar-refractivity contribution in [3.05, 3.63) is 41.7 Å². The third-order valence-electron chi connectivity index (χ3n) is 5.10. The van der Waals surface area contributed by atoms with Gasteiger partial charge >= 0.3 is 0 Å². The van der Waals surface area contributed by atoms with Crippen LogP contribution in [0.3, 0.4) is 0 Å². The van der Waals surface area contributed by atoms with Gasteiger partial charge in [0.25, 0.3) is 0 Å². The van der Waals surface area contributed by atoms with Crippen molar-refractivity contribution in [3.63, 3.8) is 0 Å². The van der Waals surface area contributed by atoms with Crippen molar-refractivity contribution in [2.45, 2.75) is 39.4 Å². The lowest BCUT2D eigenvalue weighted by Gasteiger charge is -2.34. The Labute approximate surface area is 159 Å². The van der Waals surface area contributed by atoms with E-state index in [1.807, 2.05) is 26.1 Å². The normalized spacial score (nSPS) is 18.6. The van der Waals surface area contributed by atoms with Gasteiger partial charge in [0.15, 0.2) is 11.5 Å². The zero-order chi connectivity index (χ0) is 18.8. The number of nitrogens with zero attached hydrogens (tertiary/aromatic N) is 3. The van der Waals surface area contributed by atoms with Gasteiger partial charge in [-0.1, -0.05) is 19.9 Å². The van der Waals surface area contributed by atoms with Crippen LogP contribution in [0.1, 0.15) is 37.6 Å². The van der Waals surface area contributed by atoms with Gasteiger partial charge in [-0.3, -0.25) is 14.4 Å². The van der Waals surface area contributed by atoms with Gasteiger partial charge in [-0.25, -0.2) is 0 Å². The summed E-state index contributed by atoms with van der Waals surface area (Å²) in [5.74, 6) is 1.75. The molecule has 0 aliphatic carbocycles. The number of amides is 1. The van der Waals surface area contributed by atoms with Crippen LogP contribution in [0, 0.1) is 5.92 Å². The molecule has 2 aromatic rings. The molecule has 1 atom stereocenters. The van der Waals surface area contributed by atoms with Gasteiger partial charge in [0.1, 0.15) is 0 Å². The fourth-order valence-corrected chi connectivity index (χ4v) is 3.66. The number of benzene rings is 1. The van der Waals surface area contributed by atoms with Crippen LogP contribution in [0.4, 0.5) is 0 Å². The number of hydrogen-bond donors (Lipinski definition) is 1. The molecule has 4 rings (SSSR count). The van der Waals surface area contributed by atoms with Gasteiger partial charge in [0, 0.05) is 38.3 Å². The maximum absolute atomic E-state index is 11.8. The monoisotopic (exact) mass is 370 g/mol. The van der Waals surface area contributed by atoms with Crippen molar-refractivity contribution >= 4 is 5.91 Å². The lowest BCUT2D eigenvalue weighted by atomic mass is 10.1. The molecule has 0 unspecified atom stereocenters. The van der Waals surface area contributed by atoms with E-state index >= 15 is 0 Å². The van der Waals surface area contributed by atoms with Crippen LogP contribution in [0.25, 0.3) is 0 Å². The first-order valence-corrected chi connectivity index (χ1v) is 9.51. The molecular weight excluding hydrogens is 344 g/mol. The van der Waals surface area contributed by atoms with Crippen LogP contribution in [0.2, 0.25) is 0 Å². The number of ether oxygens (including phenoxy) is 2. The van der Waals surface area contributed by atoms with E-state index in [1.54, 1.807) is 0 Å². The average Bonchev–Trinajstić information content (AvgIpc) is 3.29. The molecule has 2 aliphatic rings. The van der Waals surface area contributed by atoms with Crippen molar-refractivity contribution in [1.82, 2.24) is 20.0 Å². The summed E-state index contributed by atoms with van der Waals surface area (Å²) in [4.78, 5) is 14.2. The fraction of sp³-hybridized carbons (Fsp3) is 0.500. The Morgan fingerprint density at radius 3 is 3.00 bits per heavy atom. The Hall–Kier alpha value is -2.54. The molecule has 2 aliphatic heterocycles. The highest BCUT2D eigenvalue weighted by atomic mass is 16.7. The van der Waals surface area contributed by atoms with Crippen molar-refractivity contribution < 1.29 is 14.3 Å². The highest BCUT2D eigenvalue weighted by Crippen LogP contribution is 2.33. The third kappa shape index (κ3) is 3.93. The summed E-state index contributed by atoms with van der Waals surface area (Å²) in [6.07, 6.45) is 2.73. The van der Waals surface area contributed by atoms with Gasteiger partial charge in [0.05, 0.1) is 11.7 Å². The second-order valence-corrected chi connectivity index (χ2v) is 7.51. The second-order valence-electron chi connectivity index (χ2n) is 7.51. The molecule has 0 radical (unpaired) electrons. The van der Waals surface area contributed by atoms with Crippen LogP contribution in [0.15, 0.2) is 30.5 Å². The Bertz CT molecular complexity index is 817. The summed E-state index contributed by atoms with van der Waals surface area (Å²) >= 11 is 0. The Balaban J connectivity index is 1.41. The lowest BCUT2D eigenvalue weighted by molar-refractivity contribution is -0.124. The zero-order valence-electron chi connectivity index (χ0n) is 15.9. The number of carbonyl (C=O) groups excluding carboxylic acids is 1. The van der Waals surface area contributed by atoms with Crippen molar-refractivity contribution in [1.29, 1.82) is 0 Å². The van der Waals surface area contributed by atoms with E-state index in [9.17, 15) is 4.79 Å². The van der Waals surface area contributed by atoms with Crippen LogP contribution in [-0.4, -0.2) is 40.5 Å². The van der Waals surface area contributed by atoms with Crippen LogP contribution < -0.4 is 14.8 Å². The summed E-state index contributed by atoms with van der Waals surface area (Å²) < 4.78 is 13.0. The summed E-state index contributed by atoms with van der Waals surface area (Å²) in [7, 11) is 0. The van der Waals surface area contributed by atoms with Crippen LogP contribution in [-0.2, 0) is 17.9 Å². The first-order valence-electron chi connectivity index (χ1n) is 9.51. The molecule has 0 spiro atoms. The van der Waals surface area contributed by atoms with E-state index in [1.165, 1.54) is 11.3 Å². The first kappa shape index (κ1) is 17.9. The van der Waals surface area contributed by atoms with Crippen LogP contribution in [0.5, 0.6) is 11.5 Å². The summed E-state index contributed by atoms with van der Waals surface area (Å²) in [5, 5.41) is 7.52. The number of nitrogens with one attached hydrogen (secondary N) is 1. The number of aromatic nitrogens is 2. The maximum atomic E-state index is 11.8. The smallest absolute Gasteiger partial charge is 0.231 e. The predicted octanol–water partition coefficient (Wildman–Crippen LogP) is 2.33. The summed E-state index contributed by atoms with van der Waals surface area (Å²) in [6.45, 7) is 7.40. The predicted molar refractivity (Wildman–Crippen MR) is 100 cm³/mol. The molecule has 0 bridgehead atoms. The zero-order valence-corrected chi connectivity index (χ0v) is 15.9. The number of rotatable bonds is 6. The number of fused-ring (bicyclic) bond motifs is 2. The fourth-order valence-electron chi connectivity index (χ4n) is 3.66. The van der Waals surface area contributed by atoms with E-state index in [0.29, 0.717) is 13.3 Å². The van der Waals surface area contributed by atoms with E-state index in [4.69, 9.17) is 9.47 Å². The summed E-state index contributed by atoms with van der Waals surface area (Å²) in [6, 6.07) is 8.46. The third-order valence-corrected chi connectivity index (χ3v) is 5.10. The van der Waals surface area contributed by atoms with Gasteiger partial charge in [-0.05, 0) is 30.2 Å². The largest absolute Gasteiger partial charge is 0.454 e. The minimum Gasteiger partial charge on any atom is -0.454 e. The van der Waals surface area contributed by atoms with Gasteiger partial charge in [0.2, 0.25) is 12.7 Å². The number of carbonyl (C=O) groups is 1. The molecule has 1 amide bonds. The Morgan fingerprint density at radius 2 is 2.15 bits per heavy atom. The van der Waals surface area contributed by atoms with Crippen molar-refractivity contribution in [2.24, 2.45) is 5.92 Å². The molecule has 7 heteroatoms. The van der Waals surface area contributed by atoms with E-state index < -0.39 is 0 Å². The molecule has 1 aromatic heterocycles. The SMILES string of the molecule is CC(C)C(=O)NCC[C@@H]1CN(Cc2ccc3c(c2)OCO3)Cc2ccnn21. The standard InChI is InChI=1S/C20H26N4O3/c1-14(2)20(25)21-7-5-16-11-23(12-17-6-8-22-24(16)17)10-15-3-4-18-19(9-15)27-13-26-18/h3-4,6,8-9,14,16H,5,7,10-13H2,1-2H3,(H,21,25)/t16-/m1/s1. The molecule has 0 saturated heterocycles. The van der Waals surface area contributed by atoms with Crippen LogP contribution >= 0.6 is 0 Å². The number of hydrogen-bond acceptors (Lipinski definition) is 5. The second kappa shape index (κ2) is 7.60. The molecule has 0 saturated carbocycles. The average molecular weight is 370 g/mol. The minimum atomic E-state index is 0.0131. The summed E-state index contributed by atoms with van der Waals surface area (Å²) in [5.41, 5.74) is 2.42. The minimum absolute atomic E-state index is 0.0131. The quantitative estimate of drug-likeness (QED) is 0.845. The molecule has 1 aromatic carbocycles. The molecule has 144 valence electrons.